The number of fused-ring (bicyclic) bond motifs is 2. The highest BCUT2D eigenvalue weighted by Crippen LogP contribution is 2.45. The zero-order valence-corrected chi connectivity index (χ0v) is 22.8. The third-order valence-electron chi connectivity index (χ3n) is 8.11. The van der Waals surface area contributed by atoms with E-state index in [2.05, 4.69) is 33.9 Å². The Morgan fingerprint density at radius 2 is 1.74 bits per heavy atom. The summed E-state index contributed by atoms with van der Waals surface area (Å²) in [7, 11) is 0. The van der Waals surface area contributed by atoms with Gasteiger partial charge in [0.1, 0.15) is 11.1 Å². The summed E-state index contributed by atoms with van der Waals surface area (Å²) >= 11 is 0. The Kier molecular flexibility index (Phi) is 7.29. The first-order chi connectivity index (χ1) is 19.0. The van der Waals surface area contributed by atoms with Gasteiger partial charge in [0.2, 0.25) is 5.43 Å². The fraction of sp³-hybridized carbons (Fsp3) is 0.467. The maximum atomic E-state index is 13.6. The van der Waals surface area contributed by atoms with Crippen LogP contribution in [0.15, 0.2) is 47.4 Å². The van der Waals surface area contributed by atoms with Gasteiger partial charge in [-0.2, -0.15) is 0 Å². The Morgan fingerprint density at radius 3 is 2.51 bits per heavy atom. The molecule has 0 atom stereocenters. The molecule has 0 aliphatic carbocycles. The van der Waals surface area contributed by atoms with E-state index in [0.717, 1.165) is 76.8 Å². The van der Waals surface area contributed by atoms with Crippen molar-refractivity contribution in [3.8, 4) is 17.2 Å². The number of ether oxygens (including phenoxy) is 2. The first-order valence-electron chi connectivity index (χ1n) is 14.1. The summed E-state index contributed by atoms with van der Waals surface area (Å²) in [6, 6.07) is 12.1. The van der Waals surface area contributed by atoms with Crippen molar-refractivity contribution in [3.63, 3.8) is 0 Å². The first kappa shape index (κ1) is 25.9. The van der Waals surface area contributed by atoms with Crippen LogP contribution in [0.4, 0.5) is 5.69 Å². The molecule has 0 bridgehead atoms. The summed E-state index contributed by atoms with van der Waals surface area (Å²) in [5.41, 5.74) is 2.39. The van der Waals surface area contributed by atoms with Gasteiger partial charge in [0, 0.05) is 58.1 Å². The van der Waals surface area contributed by atoms with Crippen LogP contribution < -0.4 is 20.4 Å². The third-order valence-corrected chi connectivity index (χ3v) is 8.11. The smallest absolute Gasteiger partial charge is 0.256 e. The lowest BCUT2D eigenvalue weighted by atomic mass is 10.1. The van der Waals surface area contributed by atoms with Gasteiger partial charge in [-0.3, -0.25) is 19.4 Å². The molecule has 39 heavy (non-hydrogen) atoms. The second-order valence-corrected chi connectivity index (χ2v) is 10.8. The summed E-state index contributed by atoms with van der Waals surface area (Å²) in [5, 5.41) is 3.46. The SMILES string of the molecule is CC(C)N1CCN(c2ccc3c(=O)c(C(=O)NCCCN4CCOCC4)cn4c3c2Oc2ccccc2-4)CC1. The number of pyridine rings is 1. The predicted octanol–water partition coefficient (Wildman–Crippen LogP) is 3.08. The van der Waals surface area contributed by atoms with Gasteiger partial charge in [-0.1, -0.05) is 12.1 Å². The van der Waals surface area contributed by atoms with Gasteiger partial charge in [0.25, 0.3) is 5.91 Å². The van der Waals surface area contributed by atoms with Gasteiger partial charge < -0.3 is 24.3 Å². The molecule has 3 aliphatic rings. The van der Waals surface area contributed by atoms with Crippen molar-refractivity contribution in [2.24, 2.45) is 0 Å². The number of piperazine rings is 1. The normalized spacial score (nSPS) is 17.8. The molecule has 6 rings (SSSR count). The average molecular weight is 532 g/mol. The number of carbonyl (C=O) groups excluding carboxylic acids is 1. The van der Waals surface area contributed by atoms with Crippen LogP contribution in [0.2, 0.25) is 0 Å². The molecule has 1 aromatic heterocycles. The fourth-order valence-corrected chi connectivity index (χ4v) is 5.84. The molecular formula is C30H37N5O4. The monoisotopic (exact) mass is 531 g/mol. The highest BCUT2D eigenvalue weighted by Gasteiger charge is 2.29. The molecular weight excluding hydrogens is 494 g/mol. The van der Waals surface area contributed by atoms with Crippen molar-refractivity contribution in [2.75, 3.05) is 70.5 Å². The predicted molar refractivity (Wildman–Crippen MR) is 153 cm³/mol. The van der Waals surface area contributed by atoms with Crippen molar-refractivity contribution in [1.82, 2.24) is 19.7 Å². The largest absolute Gasteiger partial charge is 0.451 e. The Morgan fingerprint density at radius 1 is 0.974 bits per heavy atom. The first-order valence-corrected chi connectivity index (χ1v) is 14.1. The number of aromatic nitrogens is 1. The number of nitrogens with one attached hydrogen (secondary N) is 1. The fourth-order valence-electron chi connectivity index (χ4n) is 5.84. The molecule has 0 spiro atoms. The van der Waals surface area contributed by atoms with E-state index in [1.165, 1.54) is 0 Å². The van der Waals surface area contributed by atoms with Crippen LogP contribution in [-0.4, -0.2) is 91.9 Å². The van der Waals surface area contributed by atoms with Crippen molar-refractivity contribution in [3.05, 3.63) is 58.4 Å². The Bertz CT molecular complexity index is 1420. The number of nitrogens with zero attached hydrogens (tertiary/aromatic N) is 4. The number of hydrogen-bond donors (Lipinski definition) is 1. The van der Waals surface area contributed by atoms with E-state index < -0.39 is 0 Å². The van der Waals surface area contributed by atoms with Crippen LogP contribution in [0.3, 0.4) is 0 Å². The highest BCUT2D eigenvalue weighted by molar-refractivity contribution is 6.01. The summed E-state index contributed by atoms with van der Waals surface area (Å²) in [4.78, 5) is 34.0. The van der Waals surface area contributed by atoms with E-state index in [0.29, 0.717) is 35.0 Å². The van der Waals surface area contributed by atoms with E-state index in [1.807, 2.05) is 41.0 Å². The van der Waals surface area contributed by atoms with Gasteiger partial charge in [-0.25, -0.2) is 0 Å². The summed E-state index contributed by atoms with van der Waals surface area (Å²) < 4.78 is 13.8. The van der Waals surface area contributed by atoms with Crippen LogP contribution in [0.25, 0.3) is 16.6 Å². The standard InChI is InChI=1S/C30H37N5O4/c1-21(2)33-12-14-34(15-13-33)25-9-8-22-27-29(25)39-26-7-4-3-6-24(26)35(27)20-23(28(22)36)30(37)31-10-5-11-32-16-18-38-19-17-32/h3-4,6-9,20-21H,5,10-19H2,1-2H3,(H,31,37). The summed E-state index contributed by atoms with van der Waals surface area (Å²) in [6.07, 6.45) is 2.51. The van der Waals surface area contributed by atoms with Gasteiger partial charge in [-0.05, 0) is 51.1 Å². The Hall–Kier alpha value is -3.40. The van der Waals surface area contributed by atoms with Crippen LogP contribution in [0, 0.1) is 0 Å². The number of amides is 1. The van der Waals surface area contributed by atoms with Gasteiger partial charge in [0.05, 0.1) is 30.0 Å². The second-order valence-electron chi connectivity index (χ2n) is 10.8. The minimum atomic E-state index is -0.341. The lowest BCUT2D eigenvalue weighted by Crippen LogP contribution is -2.49. The molecule has 3 aromatic rings. The Balaban J connectivity index is 1.31. The van der Waals surface area contributed by atoms with E-state index in [9.17, 15) is 9.59 Å². The number of rotatable bonds is 7. The van der Waals surface area contributed by atoms with Crippen LogP contribution in [0.5, 0.6) is 11.5 Å². The molecule has 206 valence electrons. The lowest BCUT2D eigenvalue weighted by Gasteiger charge is -2.39. The average Bonchev–Trinajstić information content (AvgIpc) is 2.97. The summed E-state index contributed by atoms with van der Waals surface area (Å²) in [6.45, 7) is 12.9. The van der Waals surface area contributed by atoms with Gasteiger partial charge >= 0.3 is 0 Å². The molecule has 2 fully saturated rings. The van der Waals surface area contributed by atoms with Crippen molar-refractivity contribution >= 4 is 22.5 Å². The number of hydrogen-bond acceptors (Lipinski definition) is 7. The topological polar surface area (TPSA) is 79.3 Å². The van der Waals surface area contributed by atoms with Crippen LogP contribution in [0.1, 0.15) is 30.6 Å². The minimum absolute atomic E-state index is 0.148. The van der Waals surface area contributed by atoms with Crippen LogP contribution in [-0.2, 0) is 4.74 Å². The molecule has 1 amide bonds. The van der Waals surface area contributed by atoms with E-state index in [1.54, 1.807) is 6.20 Å². The van der Waals surface area contributed by atoms with Crippen molar-refractivity contribution < 1.29 is 14.3 Å². The third kappa shape index (κ3) is 5.02. The quantitative estimate of drug-likeness (QED) is 0.367. The second kappa shape index (κ2) is 11.0. The molecule has 0 unspecified atom stereocenters. The molecule has 2 aromatic carbocycles. The Labute approximate surface area is 228 Å². The van der Waals surface area contributed by atoms with E-state index in [4.69, 9.17) is 9.47 Å². The van der Waals surface area contributed by atoms with Crippen LogP contribution >= 0.6 is 0 Å². The van der Waals surface area contributed by atoms with Crippen molar-refractivity contribution in [2.45, 2.75) is 26.3 Å². The number of anilines is 1. The molecule has 9 heteroatoms. The molecule has 0 saturated carbocycles. The number of benzene rings is 2. The number of carbonyl (C=O) groups is 1. The van der Waals surface area contributed by atoms with E-state index in [-0.39, 0.29) is 16.9 Å². The zero-order valence-electron chi connectivity index (χ0n) is 22.8. The minimum Gasteiger partial charge on any atom is -0.451 e. The zero-order chi connectivity index (χ0) is 26.9. The van der Waals surface area contributed by atoms with Gasteiger partial charge in [-0.15, -0.1) is 0 Å². The molecule has 4 heterocycles. The molecule has 3 aliphatic heterocycles. The van der Waals surface area contributed by atoms with Crippen molar-refractivity contribution in [1.29, 1.82) is 0 Å². The maximum absolute atomic E-state index is 13.6. The van der Waals surface area contributed by atoms with Gasteiger partial charge in [0.15, 0.2) is 11.5 Å². The molecule has 0 radical (unpaired) electrons. The molecule has 2 saturated heterocycles. The van der Waals surface area contributed by atoms with E-state index >= 15 is 0 Å². The maximum Gasteiger partial charge on any atom is 0.256 e. The number of morpholine rings is 1. The molecule has 9 nitrogen and oxygen atoms in total. The molecule has 1 N–H and O–H groups in total. The lowest BCUT2D eigenvalue weighted by molar-refractivity contribution is 0.0374. The highest BCUT2D eigenvalue weighted by atomic mass is 16.5. The number of para-hydroxylation sites is 2. The summed E-state index contributed by atoms with van der Waals surface area (Å²) in [5.74, 6) is 1.05.